The van der Waals surface area contributed by atoms with Crippen molar-refractivity contribution in [3.8, 4) is 11.4 Å². The van der Waals surface area contributed by atoms with Crippen molar-refractivity contribution < 1.29 is 22.4 Å². The van der Waals surface area contributed by atoms with Crippen LogP contribution in [0.1, 0.15) is 15.9 Å². The smallest absolute Gasteiger partial charge is 0.324 e. The van der Waals surface area contributed by atoms with Gasteiger partial charge in [0.15, 0.2) is 0 Å². The van der Waals surface area contributed by atoms with Crippen LogP contribution >= 0.6 is 0 Å². The maximum atomic E-state index is 13.2. The van der Waals surface area contributed by atoms with Gasteiger partial charge in [-0.3, -0.25) is 9.78 Å². The van der Waals surface area contributed by atoms with Crippen LogP contribution in [0.2, 0.25) is 0 Å². The summed E-state index contributed by atoms with van der Waals surface area (Å²) in [4.78, 5) is 25.2. The number of anilines is 3. The molecule has 166 valence electrons. The van der Waals surface area contributed by atoms with Gasteiger partial charge in [0.25, 0.3) is 5.91 Å². The van der Waals surface area contributed by atoms with Crippen LogP contribution in [0.3, 0.4) is 0 Å². The summed E-state index contributed by atoms with van der Waals surface area (Å²) in [6.45, 7) is 0. The average Bonchev–Trinajstić information content (AvgIpc) is 2.81. The molecule has 0 saturated heterocycles. The fraction of sp³-hybridized carbons (Fsp3) is 0.0435. The van der Waals surface area contributed by atoms with E-state index in [9.17, 15) is 22.4 Å². The Morgan fingerprint density at radius 3 is 2.33 bits per heavy atom. The number of halogens is 4. The van der Waals surface area contributed by atoms with Gasteiger partial charge in [-0.25, -0.2) is 14.4 Å². The van der Waals surface area contributed by atoms with Gasteiger partial charge >= 0.3 is 6.18 Å². The van der Waals surface area contributed by atoms with Crippen LogP contribution in [0.15, 0.2) is 79.1 Å². The second-order valence-electron chi connectivity index (χ2n) is 6.82. The molecule has 0 aliphatic carbocycles. The van der Waals surface area contributed by atoms with E-state index >= 15 is 0 Å². The summed E-state index contributed by atoms with van der Waals surface area (Å²) < 4.78 is 52.7. The second-order valence-corrected chi connectivity index (χ2v) is 6.82. The van der Waals surface area contributed by atoms with Crippen LogP contribution < -0.4 is 10.6 Å². The van der Waals surface area contributed by atoms with Gasteiger partial charge in [0, 0.05) is 23.6 Å². The van der Waals surface area contributed by atoms with E-state index in [0.29, 0.717) is 29.1 Å². The molecule has 0 aliphatic heterocycles. The summed E-state index contributed by atoms with van der Waals surface area (Å²) in [7, 11) is 0. The summed E-state index contributed by atoms with van der Waals surface area (Å²) in [5, 5.41) is 5.17. The van der Waals surface area contributed by atoms with Crippen molar-refractivity contribution in [2.45, 2.75) is 6.18 Å². The highest BCUT2D eigenvalue weighted by molar-refractivity contribution is 6.04. The molecule has 2 aromatic carbocycles. The van der Waals surface area contributed by atoms with Gasteiger partial charge in [-0.15, -0.1) is 0 Å². The molecule has 2 aromatic heterocycles. The molecular weight excluding hydrogens is 438 g/mol. The van der Waals surface area contributed by atoms with Gasteiger partial charge in [-0.1, -0.05) is 6.07 Å². The molecule has 4 rings (SSSR count). The molecule has 1 amide bonds. The van der Waals surface area contributed by atoms with Crippen LogP contribution in [-0.4, -0.2) is 20.9 Å². The molecule has 10 heteroatoms. The first-order chi connectivity index (χ1) is 15.8. The fourth-order valence-electron chi connectivity index (χ4n) is 2.96. The fourth-order valence-corrected chi connectivity index (χ4v) is 2.96. The zero-order valence-corrected chi connectivity index (χ0v) is 16.8. The highest BCUT2D eigenvalue weighted by atomic mass is 19.4. The SMILES string of the molecule is O=C(Nc1ccc(F)cc1C(F)(F)F)c1ccc(Nc2nccc(-c3ccccn3)n2)cc1. The number of rotatable bonds is 5. The lowest BCUT2D eigenvalue weighted by Gasteiger charge is -2.14. The molecule has 0 spiro atoms. The molecule has 2 N–H and O–H groups in total. The number of benzene rings is 2. The Balaban J connectivity index is 1.48. The highest BCUT2D eigenvalue weighted by Crippen LogP contribution is 2.35. The lowest BCUT2D eigenvalue weighted by Crippen LogP contribution is -2.17. The van der Waals surface area contributed by atoms with Crippen LogP contribution in [0.4, 0.5) is 34.9 Å². The Hall–Kier alpha value is -4.34. The number of carbonyl (C=O) groups excluding carboxylic acids is 1. The normalized spacial score (nSPS) is 11.2. The number of nitrogens with one attached hydrogen (secondary N) is 2. The van der Waals surface area contributed by atoms with Crippen molar-refractivity contribution in [2.24, 2.45) is 0 Å². The Morgan fingerprint density at radius 1 is 0.848 bits per heavy atom. The first kappa shape index (κ1) is 21.9. The third-order valence-electron chi connectivity index (χ3n) is 4.52. The number of hydrogen-bond donors (Lipinski definition) is 2. The van der Waals surface area contributed by atoms with E-state index in [-0.39, 0.29) is 5.56 Å². The van der Waals surface area contributed by atoms with E-state index in [4.69, 9.17) is 0 Å². The first-order valence-electron chi connectivity index (χ1n) is 9.59. The molecule has 0 saturated carbocycles. The monoisotopic (exact) mass is 453 g/mol. The predicted octanol–water partition coefficient (Wildman–Crippen LogP) is 5.69. The van der Waals surface area contributed by atoms with Crippen LogP contribution in [-0.2, 0) is 6.18 Å². The highest BCUT2D eigenvalue weighted by Gasteiger charge is 2.34. The summed E-state index contributed by atoms with van der Waals surface area (Å²) in [5.74, 6) is -1.52. The molecule has 0 radical (unpaired) electrons. The van der Waals surface area contributed by atoms with E-state index in [1.54, 1.807) is 36.7 Å². The minimum absolute atomic E-state index is 0.112. The van der Waals surface area contributed by atoms with E-state index in [1.165, 1.54) is 12.1 Å². The number of nitrogens with zero attached hydrogens (tertiary/aromatic N) is 3. The van der Waals surface area contributed by atoms with Crippen LogP contribution in [0, 0.1) is 5.82 Å². The second kappa shape index (κ2) is 9.03. The molecule has 0 unspecified atom stereocenters. The number of pyridine rings is 1. The largest absolute Gasteiger partial charge is 0.418 e. The van der Waals surface area contributed by atoms with Crippen molar-refractivity contribution in [2.75, 3.05) is 10.6 Å². The molecule has 4 aromatic rings. The molecule has 0 atom stereocenters. The van der Waals surface area contributed by atoms with Gasteiger partial charge in [0.2, 0.25) is 5.95 Å². The van der Waals surface area contributed by atoms with Crippen molar-refractivity contribution >= 4 is 23.2 Å². The summed E-state index contributed by atoms with van der Waals surface area (Å²) in [6.07, 6.45) is -1.59. The molecule has 6 nitrogen and oxygen atoms in total. The number of carbonyl (C=O) groups is 1. The minimum atomic E-state index is -4.82. The minimum Gasteiger partial charge on any atom is -0.324 e. The van der Waals surface area contributed by atoms with Gasteiger partial charge in [0.05, 0.1) is 22.6 Å². The van der Waals surface area contributed by atoms with Crippen molar-refractivity contribution in [3.63, 3.8) is 0 Å². The number of alkyl halides is 3. The molecule has 0 fully saturated rings. The lowest BCUT2D eigenvalue weighted by molar-refractivity contribution is -0.137. The van der Waals surface area contributed by atoms with Gasteiger partial charge in [-0.2, -0.15) is 13.2 Å². The number of hydrogen-bond acceptors (Lipinski definition) is 5. The predicted molar refractivity (Wildman–Crippen MR) is 114 cm³/mol. The third-order valence-corrected chi connectivity index (χ3v) is 4.52. The molecular formula is C23H15F4N5O. The number of amides is 1. The molecule has 2 heterocycles. The molecule has 0 aliphatic rings. The van der Waals surface area contributed by atoms with Gasteiger partial charge < -0.3 is 10.6 Å². The van der Waals surface area contributed by atoms with E-state index in [2.05, 4.69) is 25.6 Å². The lowest BCUT2D eigenvalue weighted by atomic mass is 10.1. The third kappa shape index (κ3) is 5.29. The van der Waals surface area contributed by atoms with Crippen LogP contribution in [0.5, 0.6) is 0 Å². The zero-order chi connectivity index (χ0) is 23.4. The van der Waals surface area contributed by atoms with Crippen molar-refractivity contribution in [3.05, 3.63) is 96.1 Å². The summed E-state index contributed by atoms with van der Waals surface area (Å²) in [6, 6.07) is 15.2. The standard InChI is InChI=1S/C23H15F4N5O/c24-15-6-9-18(17(13-15)23(25,26)27)31-21(33)14-4-7-16(8-5-14)30-22-29-12-10-20(32-22)19-3-1-2-11-28-19/h1-13H,(H,31,33)(H,29,30,32). The first-order valence-corrected chi connectivity index (χ1v) is 9.59. The maximum absolute atomic E-state index is 13.2. The van der Waals surface area contributed by atoms with Crippen molar-refractivity contribution in [1.29, 1.82) is 0 Å². The topological polar surface area (TPSA) is 79.8 Å². The quantitative estimate of drug-likeness (QED) is 0.380. The van der Waals surface area contributed by atoms with E-state index in [0.717, 1.165) is 12.1 Å². The Bertz CT molecular complexity index is 1280. The zero-order valence-electron chi connectivity index (χ0n) is 16.8. The summed E-state index contributed by atoms with van der Waals surface area (Å²) >= 11 is 0. The Kier molecular flexibility index (Phi) is 5.99. The van der Waals surface area contributed by atoms with Gasteiger partial charge in [-0.05, 0) is 60.7 Å². The van der Waals surface area contributed by atoms with Gasteiger partial charge in [0.1, 0.15) is 5.82 Å². The summed E-state index contributed by atoms with van der Waals surface area (Å²) in [5.41, 5.74) is 0.163. The van der Waals surface area contributed by atoms with E-state index in [1.807, 2.05) is 12.1 Å². The number of aromatic nitrogens is 3. The van der Waals surface area contributed by atoms with E-state index < -0.39 is 29.2 Å². The maximum Gasteiger partial charge on any atom is 0.418 e. The molecule has 33 heavy (non-hydrogen) atoms. The van der Waals surface area contributed by atoms with Crippen molar-refractivity contribution in [1.82, 2.24) is 15.0 Å². The Labute approximate surface area is 185 Å². The Morgan fingerprint density at radius 2 is 1.64 bits per heavy atom. The molecule has 0 bridgehead atoms. The van der Waals surface area contributed by atoms with Crippen LogP contribution in [0.25, 0.3) is 11.4 Å². The average molecular weight is 453 g/mol.